The highest BCUT2D eigenvalue weighted by Crippen LogP contribution is 2.15. The number of primary amides is 1. The molecule has 2 atom stereocenters. The number of nitrogens with one attached hydrogen (secondary N) is 1. The van der Waals surface area contributed by atoms with Crippen molar-refractivity contribution in [3.63, 3.8) is 0 Å². The van der Waals surface area contributed by atoms with Crippen molar-refractivity contribution in [2.45, 2.75) is 32.2 Å². The third kappa shape index (κ3) is 4.18. The number of nitrogens with two attached hydrogens (primary N) is 1. The van der Waals surface area contributed by atoms with Gasteiger partial charge in [-0.25, -0.2) is 0 Å². The van der Waals surface area contributed by atoms with Gasteiger partial charge in [0.1, 0.15) is 0 Å². The highest BCUT2D eigenvalue weighted by molar-refractivity contribution is 5.79. The maximum absolute atomic E-state index is 11.0. The Kier molecular flexibility index (Phi) is 5.05. The van der Waals surface area contributed by atoms with Crippen LogP contribution in [-0.4, -0.2) is 43.5 Å². The number of piperidine rings is 1. The van der Waals surface area contributed by atoms with Crippen LogP contribution in [0.2, 0.25) is 0 Å². The van der Waals surface area contributed by atoms with E-state index < -0.39 is 0 Å². The van der Waals surface area contributed by atoms with Gasteiger partial charge in [-0.3, -0.25) is 4.79 Å². The molecule has 4 nitrogen and oxygen atoms in total. The van der Waals surface area contributed by atoms with Gasteiger partial charge in [0.15, 0.2) is 0 Å². The zero-order valence-corrected chi connectivity index (χ0v) is 9.83. The van der Waals surface area contributed by atoms with Crippen LogP contribution in [0.4, 0.5) is 0 Å². The third-order valence-electron chi connectivity index (χ3n) is 3.17. The van der Waals surface area contributed by atoms with Gasteiger partial charge in [0.2, 0.25) is 5.91 Å². The van der Waals surface area contributed by atoms with E-state index in [1.807, 2.05) is 0 Å². The molecule has 1 heterocycles. The van der Waals surface area contributed by atoms with E-state index in [-0.39, 0.29) is 11.9 Å². The van der Waals surface area contributed by atoms with Gasteiger partial charge in [0, 0.05) is 13.1 Å². The summed E-state index contributed by atoms with van der Waals surface area (Å²) in [4.78, 5) is 13.4. The molecule has 4 heteroatoms. The van der Waals surface area contributed by atoms with Crippen molar-refractivity contribution in [2.24, 2.45) is 11.7 Å². The Hall–Kier alpha value is -0.610. The summed E-state index contributed by atoms with van der Waals surface area (Å²) >= 11 is 0. The Morgan fingerprint density at radius 2 is 2.40 bits per heavy atom. The first kappa shape index (κ1) is 12.5. The van der Waals surface area contributed by atoms with Crippen molar-refractivity contribution < 1.29 is 4.79 Å². The van der Waals surface area contributed by atoms with Crippen LogP contribution in [-0.2, 0) is 4.79 Å². The molecule has 1 aliphatic heterocycles. The zero-order valence-electron chi connectivity index (χ0n) is 9.83. The summed E-state index contributed by atoms with van der Waals surface area (Å²) in [6, 6.07) is -0.178. The Morgan fingerprint density at radius 3 is 2.93 bits per heavy atom. The molecule has 1 aliphatic rings. The number of carbonyl (C=O) groups excluding carboxylic acids is 1. The number of likely N-dealkylation sites (N-methyl/N-ethyl adjacent to an activating group) is 1. The van der Waals surface area contributed by atoms with E-state index in [0.29, 0.717) is 0 Å². The van der Waals surface area contributed by atoms with Crippen LogP contribution >= 0.6 is 0 Å². The molecule has 1 saturated heterocycles. The van der Waals surface area contributed by atoms with E-state index in [0.717, 1.165) is 25.4 Å². The minimum Gasteiger partial charge on any atom is -0.368 e. The molecule has 0 saturated carbocycles. The van der Waals surface area contributed by atoms with Crippen LogP contribution in [0.3, 0.4) is 0 Å². The monoisotopic (exact) mass is 213 g/mol. The molecule has 0 radical (unpaired) electrons. The van der Waals surface area contributed by atoms with Gasteiger partial charge >= 0.3 is 0 Å². The number of hydrogen-bond acceptors (Lipinski definition) is 3. The molecular weight excluding hydrogens is 190 g/mol. The molecule has 0 bridgehead atoms. The van der Waals surface area contributed by atoms with Crippen LogP contribution in [0.15, 0.2) is 0 Å². The largest absolute Gasteiger partial charge is 0.368 e. The summed E-state index contributed by atoms with van der Waals surface area (Å²) in [6.45, 7) is 5.59. The number of nitrogens with zero attached hydrogens (tertiary/aromatic N) is 1. The SMILES string of the molecule is CNC(CCN1CCCC(C)C1)C(N)=O. The minimum absolute atomic E-state index is 0.178. The second-order valence-electron chi connectivity index (χ2n) is 4.58. The van der Waals surface area contributed by atoms with E-state index in [1.54, 1.807) is 7.05 Å². The normalized spacial score (nSPS) is 25.1. The number of carbonyl (C=O) groups is 1. The van der Waals surface area contributed by atoms with Crippen LogP contribution in [0, 0.1) is 5.92 Å². The highest BCUT2D eigenvalue weighted by atomic mass is 16.1. The zero-order chi connectivity index (χ0) is 11.3. The van der Waals surface area contributed by atoms with Gasteiger partial charge in [0.05, 0.1) is 6.04 Å². The maximum atomic E-state index is 11.0. The fraction of sp³-hybridized carbons (Fsp3) is 0.909. The average molecular weight is 213 g/mol. The van der Waals surface area contributed by atoms with E-state index >= 15 is 0 Å². The van der Waals surface area contributed by atoms with E-state index in [4.69, 9.17) is 5.73 Å². The number of amides is 1. The van der Waals surface area contributed by atoms with Crippen LogP contribution in [0.25, 0.3) is 0 Å². The second kappa shape index (κ2) is 6.08. The summed E-state index contributed by atoms with van der Waals surface area (Å²) < 4.78 is 0. The maximum Gasteiger partial charge on any atom is 0.234 e. The predicted molar refractivity (Wildman–Crippen MR) is 61.5 cm³/mol. The van der Waals surface area contributed by atoms with E-state index in [9.17, 15) is 4.79 Å². The first-order valence-corrected chi connectivity index (χ1v) is 5.82. The molecule has 3 N–H and O–H groups in total. The smallest absolute Gasteiger partial charge is 0.234 e. The average Bonchev–Trinajstić information content (AvgIpc) is 2.18. The molecule has 1 rings (SSSR count). The standard InChI is InChI=1S/C11H23N3O/c1-9-4-3-6-14(8-9)7-5-10(13-2)11(12)15/h9-10,13H,3-8H2,1-2H3,(H2,12,15). The number of rotatable bonds is 5. The first-order valence-electron chi connectivity index (χ1n) is 5.82. The summed E-state index contributed by atoms with van der Waals surface area (Å²) in [5.74, 6) is 0.544. The first-order chi connectivity index (χ1) is 7.13. The summed E-state index contributed by atoms with van der Waals surface area (Å²) in [5.41, 5.74) is 5.27. The predicted octanol–water partition coefficient (Wildman–Crippen LogP) is 0.182. The van der Waals surface area contributed by atoms with E-state index in [1.165, 1.54) is 19.4 Å². The van der Waals surface area contributed by atoms with Crippen molar-refractivity contribution in [1.82, 2.24) is 10.2 Å². The van der Waals surface area contributed by atoms with Crippen LogP contribution < -0.4 is 11.1 Å². The second-order valence-corrected chi connectivity index (χ2v) is 4.58. The Balaban J connectivity index is 2.26. The van der Waals surface area contributed by atoms with Crippen molar-refractivity contribution >= 4 is 5.91 Å². The lowest BCUT2D eigenvalue weighted by Crippen LogP contribution is -2.43. The molecule has 0 spiro atoms. The molecule has 15 heavy (non-hydrogen) atoms. The quantitative estimate of drug-likeness (QED) is 0.685. The molecule has 2 unspecified atom stereocenters. The molecule has 1 fully saturated rings. The van der Waals surface area contributed by atoms with Gasteiger partial charge < -0.3 is 16.0 Å². The Morgan fingerprint density at radius 1 is 1.67 bits per heavy atom. The molecule has 1 amide bonds. The molecule has 0 aromatic carbocycles. The highest BCUT2D eigenvalue weighted by Gasteiger charge is 2.18. The van der Waals surface area contributed by atoms with Crippen molar-refractivity contribution in [1.29, 1.82) is 0 Å². The Labute approximate surface area is 92.2 Å². The van der Waals surface area contributed by atoms with Gasteiger partial charge in [-0.1, -0.05) is 6.92 Å². The fourth-order valence-electron chi connectivity index (χ4n) is 2.23. The summed E-state index contributed by atoms with van der Waals surface area (Å²) in [6.07, 6.45) is 3.43. The fourth-order valence-corrected chi connectivity index (χ4v) is 2.23. The summed E-state index contributed by atoms with van der Waals surface area (Å²) in [5, 5.41) is 2.95. The van der Waals surface area contributed by atoms with Crippen LogP contribution in [0.5, 0.6) is 0 Å². The minimum atomic E-state index is -0.248. The van der Waals surface area contributed by atoms with Gasteiger partial charge in [0.25, 0.3) is 0 Å². The lowest BCUT2D eigenvalue weighted by atomic mass is 10.00. The van der Waals surface area contributed by atoms with Crippen molar-refractivity contribution in [2.75, 3.05) is 26.7 Å². The van der Waals surface area contributed by atoms with Crippen molar-refractivity contribution in [3.05, 3.63) is 0 Å². The lowest BCUT2D eigenvalue weighted by Gasteiger charge is -2.31. The molecular formula is C11H23N3O. The topological polar surface area (TPSA) is 58.4 Å². The van der Waals surface area contributed by atoms with Crippen molar-refractivity contribution in [3.8, 4) is 0 Å². The lowest BCUT2D eigenvalue weighted by molar-refractivity contribution is -0.120. The number of likely N-dealkylation sites (tertiary alicyclic amines) is 1. The molecule has 0 aliphatic carbocycles. The molecule has 88 valence electrons. The summed E-state index contributed by atoms with van der Waals surface area (Å²) in [7, 11) is 1.79. The molecule has 0 aromatic rings. The molecule has 0 aromatic heterocycles. The Bertz CT molecular complexity index is 208. The van der Waals surface area contributed by atoms with Gasteiger partial charge in [-0.05, 0) is 38.8 Å². The third-order valence-corrected chi connectivity index (χ3v) is 3.17. The van der Waals surface area contributed by atoms with Crippen LogP contribution in [0.1, 0.15) is 26.2 Å². The van der Waals surface area contributed by atoms with Gasteiger partial charge in [-0.2, -0.15) is 0 Å². The number of hydrogen-bond donors (Lipinski definition) is 2. The van der Waals surface area contributed by atoms with E-state index in [2.05, 4.69) is 17.1 Å². The van der Waals surface area contributed by atoms with Gasteiger partial charge in [-0.15, -0.1) is 0 Å².